The molecule has 0 saturated carbocycles. The van der Waals surface area contributed by atoms with Crippen molar-refractivity contribution in [2.24, 2.45) is 0 Å². The molecule has 15 nitrogen and oxygen atoms in total. The van der Waals surface area contributed by atoms with Crippen LogP contribution in [0.4, 0.5) is 0 Å². The number of carbonyl (C=O) groups is 1. The average molecular weight is 513 g/mol. The highest BCUT2D eigenvalue weighted by molar-refractivity contribution is 5.73. The van der Waals surface area contributed by atoms with E-state index in [0.29, 0.717) is 0 Å². The summed E-state index contributed by atoms with van der Waals surface area (Å²) in [5, 5.41) is 83.2. The van der Waals surface area contributed by atoms with E-state index in [1.807, 2.05) is 0 Å². The molecule has 1 amide bonds. The van der Waals surface area contributed by atoms with Gasteiger partial charge >= 0.3 is 0 Å². The number of hydrogen-bond acceptors (Lipinski definition) is 14. The minimum atomic E-state index is -1.73. The third-order valence-electron chi connectivity index (χ3n) is 6.36. The highest BCUT2D eigenvalue weighted by atomic mass is 16.8. The van der Waals surface area contributed by atoms with E-state index in [9.17, 15) is 45.6 Å². The molecule has 3 rings (SSSR count). The first-order chi connectivity index (χ1) is 16.5. The average Bonchev–Trinajstić information content (AvgIpc) is 2.81. The van der Waals surface area contributed by atoms with E-state index < -0.39 is 105 Å². The van der Waals surface area contributed by atoms with Crippen molar-refractivity contribution in [1.82, 2.24) is 5.32 Å². The summed E-state index contributed by atoms with van der Waals surface area (Å²) >= 11 is 0. The Hall–Kier alpha value is -1.05. The van der Waals surface area contributed by atoms with Gasteiger partial charge in [-0.1, -0.05) is 0 Å². The maximum atomic E-state index is 11.5. The Balaban J connectivity index is 1.81. The Morgan fingerprint density at radius 2 is 1.49 bits per heavy atom. The molecule has 204 valence electrons. The van der Waals surface area contributed by atoms with Crippen LogP contribution in [0.15, 0.2) is 0 Å². The van der Waals surface area contributed by atoms with Crippen LogP contribution in [0.1, 0.15) is 20.3 Å². The summed E-state index contributed by atoms with van der Waals surface area (Å²) in [5.74, 6) is -0.453. The fourth-order valence-corrected chi connectivity index (χ4v) is 4.34. The van der Waals surface area contributed by atoms with Crippen LogP contribution in [-0.4, -0.2) is 146 Å². The molecule has 3 aliphatic rings. The number of hydrogen-bond donors (Lipinski definition) is 9. The Bertz CT molecular complexity index is 701. The molecule has 0 bridgehead atoms. The van der Waals surface area contributed by atoms with Crippen molar-refractivity contribution in [3.8, 4) is 0 Å². The Labute approximate surface area is 200 Å². The van der Waals surface area contributed by atoms with Crippen LogP contribution in [0.25, 0.3) is 0 Å². The number of amides is 1. The summed E-state index contributed by atoms with van der Waals surface area (Å²) in [7, 11) is 0. The van der Waals surface area contributed by atoms with E-state index in [1.54, 1.807) is 0 Å². The molecule has 0 aromatic heterocycles. The molecule has 3 fully saturated rings. The Kier molecular flexibility index (Phi) is 9.78. The molecular formula is C20H35NO14. The highest BCUT2D eigenvalue weighted by Crippen LogP contribution is 2.32. The van der Waals surface area contributed by atoms with Gasteiger partial charge in [0.15, 0.2) is 18.9 Å². The van der Waals surface area contributed by atoms with Crippen molar-refractivity contribution in [1.29, 1.82) is 0 Å². The SMILES string of the molecule is CC(=O)N[C@@H]1C[C@@H](O[C@@H]2O[C@H](CO)[C@H](O)[C@H](O)[C@H]2O[C@@H]2O[C@@H](C)[C@@H](O)[C@@H](O)[C@@H]2O)[C@@H](CO)O[C@H]1O. The summed E-state index contributed by atoms with van der Waals surface area (Å²) < 4.78 is 27.8. The topological polar surface area (TPSA) is 237 Å². The predicted molar refractivity (Wildman–Crippen MR) is 110 cm³/mol. The monoisotopic (exact) mass is 513 g/mol. The minimum absolute atomic E-state index is 0.0501. The van der Waals surface area contributed by atoms with Gasteiger partial charge in [-0.2, -0.15) is 0 Å². The minimum Gasteiger partial charge on any atom is -0.394 e. The largest absolute Gasteiger partial charge is 0.394 e. The van der Waals surface area contributed by atoms with Crippen molar-refractivity contribution < 1.29 is 69.3 Å². The molecule has 3 heterocycles. The summed E-state index contributed by atoms with van der Waals surface area (Å²) in [5.41, 5.74) is 0. The van der Waals surface area contributed by atoms with Crippen LogP contribution >= 0.6 is 0 Å². The number of nitrogens with one attached hydrogen (secondary N) is 1. The summed E-state index contributed by atoms with van der Waals surface area (Å²) in [4.78, 5) is 11.5. The molecular weight excluding hydrogens is 478 g/mol. The van der Waals surface area contributed by atoms with Crippen molar-refractivity contribution in [3.05, 3.63) is 0 Å². The van der Waals surface area contributed by atoms with E-state index in [1.165, 1.54) is 13.8 Å². The number of aliphatic hydroxyl groups excluding tert-OH is 8. The molecule has 0 aromatic carbocycles. The van der Waals surface area contributed by atoms with Crippen molar-refractivity contribution in [2.75, 3.05) is 13.2 Å². The molecule has 3 saturated heterocycles. The normalized spacial score (nSPS) is 49.0. The highest BCUT2D eigenvalue weighted by Gasteiger charge is 2.52. The zero-order chi connectivity index (χ0) is 26.0. The van der Waals surface area contributed by atoms with Crippen molar-refractivity contribution >= 4 is 5.91 Å². The molecule has 0 spiro atoms. The molecule has 3 aliphatic heterocycles. The molecule has 14 atom stereocenters. The van der Waals surface area contributed by atoms with E-state index in [4.69, 9.17) is 23.7 Å². The third kappa shape index (κ3) is 6.27. The lowest BCUT2D eigenvalue weighted by molar-refractivity contribution is -0.376. The zero-order valence-corrected chi connectivity index (χ0v) is 19.2. The second kappa shape index (κ2) is 12.0. The van der Waals surface area contributed by atoms with Crippen LogP contribution in [0.5, 0.6) is 0 Å². The smallest absolute Gasteiger partial charge is 0.217 e. The van der Waals surface area contributed by atoms with Gasteiger partial charge in [0, 0.05) is 13.3 Å². The van der Waals surface area contributed by atoms with Gasteiger partial charge in [-0.15, -0.1) is 0 Å². The number of ether oxygens (including phenoxy) is 5. The van der Waals surface area contributed by atoms with E-state index in [0.717, 1.165) is 0 Å². The predicted octanol–water partition coefficient (Wildman–Crippen LogP) is -5.37. The zero-order valence-electron chi connectivity index (χ0n) is 19.2. The maximum absolute atomic E-state index is 11.5. The second-order valence-electron chi connectivity index (χ2n) is 8.95. The number of rotatable bonds is 7. The summed E-state index contributed by atoms with van der Waals surface area (Å²) in [6.45, 7) is 1.37. The standard InChI is InChI=1S/C20H35NO14/c1-6-12(25)14(27)16(29)19(31-6)35-17-15(28)13(26)11(5-23)34-20(17)33-9-3-8(21-7(2)24)18(30)32-10(9)4-22/h6,8-20,22-23,25-30H,3-5H2,1-2H3,(H,21,24)/t6-,8+,9+,10+,11+,12+,13-,14+,15-,16-,17+,18+,19-,20+/m0/s1. The lowest BCUT2D eigenvalue weighted by atomic mass is 9.96. The quantitative estimate of drug-likeness (QED) is 0.155. The van der Waals surface area contributed by atoms with Gasteiger partial charge in [-0.25, -0.2) is 0 Å². The van der Waals surface area contributed by atoms with Gasteiger partial charge in [0.1, 0.15) is 48.8 Å². The molecule has 35 heavy (non-hydrogen) atoms. The fraction of sp³-hybridized carbons (Fsp3) is 0.950. The van der Waals surface area contributed by atoms with E-state index in [2.05, 4.69) is 5.32 Å². The van der Waals surface area contributed by atoms with Crippen LogP contribution in [0.2, 0.25) is 0 Å². The van der Waals surface area contributed by atoms with Crippen LogP contribution in [0, 0.1) is 0 Å². The molecule has 0 unspecified atom stereocenters. The molecule has 0 aliphatic carbocycles. The van der Waals surface area contributed by atoms with E-state index >= 15 is 0 Å². The van der Waals surface area contributed by atoms with Gasteiger partial charge in [0.05, 0.1) is 31.5 Å². The van der Waals surface area contributed by atoms with Crippen LogP contribution in [-0.2, 0) is 28.5 Å². The molecule has 9 N–H and O–H groups in total. The first kappa shape index (κ1) is 28.5. The van der Waals surface area contributed by atoms with Gasteiger partial charge in [-0.3, -0.25) is 4.79 Å². The van der Waals surface area contributed by atoms with Crippen molar-refractivity contribution in [2.45, 2.75) is 106 Å². The first-order valence-corrected chi connectivity index (χ1v) is 11.3. The maximum Gasteiger partial charge on any atom is 0.217 e. The number of aliphatic hydroxyl groups is 8. The lowest BCUT2D eigenvalue weighted by Gasteiger charge is -2.47. The molecule has 0 radical (unpaired) electrons. The fourth-order valence-electron chi connectivity index (χ4n) is 4.34. The third-order valence-corrected chi connectivity index (χ3v) is 6.36. The Morgan fingerprint density at radius 1 is 0.829 bits per heavy atom. The lowest BCUT2D eigenvalue weighted by Crippen LogP contribution is -2.65. The van der Waals surface area contributed by atoms with Crippen LogP contribution < -0.4 is 5.32 Å². The van der Waals surface area contributed by atoms with Gasteiger partial charge < -0.3 is 69.9 Å². The molecule has 15 heteroatoms. The number of carbonyl (C=O) groups excluding carboxylic acids is 1. The van der Waals surface area contributed by atoms with Crippen LogP contribution in [0.3, 0.4) is 0 Å². The van der Waals surface area contributed by atoms with Gasteiger partial charge in [0.25, 0.3) is 0 Å². The van der Waals surface area contributed by atoms with Gasteiger partial charge in [0.2, 0.25) is 5.91 Å². The summed E-state index contributed by atoms with van der Waals surface area (Å²) in [6, 6.07) is -0.909. The first-order valence-electron chi connectivity index (χ1n) is 11.3. The Morgan fingerprint density at radius 3 is 2.09 bits per heavy atom. The van der Waals surface area contributed by atoms with Crippen molar-refractivity contribution in [3.63, 3.8) is 0 Å². The van der Waals surface area contributed by atoms with E-state index in [-0.39, 0.29) is 6.42 Å². The second-order valence-corrected chi connectivity index (χ2v) is 8.95. The molecule has 0 aromatic rings. The van der Waals surface area contributed by atoms with Gasteiger partial charge in [-0.05, 0) is 6.92 Å². The summed E-state index contributed by atoms with van der Waals surface area (Å²) in [6.07, 6.45) is -18.6.